The van der Waals surface area contributed by atoms with Crippen LogP contribution in [0.25, 0.3) is 0 Å². The molecule has 4 N–H and O–H groups in total. The molecule has 1 atom stereocenters. The highest BCUT2D eigenvalue weighted by molar-refractivity contribution is 7.10. The topological polar surface area (TPSA) is 117 Å². The van der Waals surface area contributed by atoms with Crippen LogP contribution in [0.15, 0.2) is 41.8 Å². The molecule has 0 aliphatic heterocycles. The largest absolute Gasteiger partial charge is 0.395 e. The molecule has 0 saturated heterocycles. The number of hydrogen-bond donors (Lipinski definition) is 3. The summed E-state index contributed by atoms with van der Waals surface area (Å²) in [6, 6.07) is 10.3. The van der Waals surface area contributed by atoms with Gasteiger partial charge in [0, 0.05) is 22.1 Å². The zero-order chi connectivity index (χ0) is 27.4. The standard InChI is InChI=1S/C28H35N5O3S2/c1-17-10-8-13-19(16-17)33(23(20-14-9-15-37-20)26(35)31-28(2,3)4)27(36)24-21(29)22(32-38-24)25(34)30-18-11-6-5-7-12-18/h8-10,13-16,18,23H,5-7,11-12,29H2,1-4H3,(H,30,34)(H,31,35)/t23-/m1/s1. The van der Waals surface area contributed by atoms with Crippen molar-refractivity contribution in [3.05, 3.63) is 62.8 Å². The minimum absolute atomic E-state index is 0.0344. The Bertz CT molecular complexity index is 1290. The second-order valence-corrected chi connectivity index (χ2v) is 12.5. The number of benzene rings is 1. The average molecular weight is 554 g/mol. The zero-order valence-electron chi connectivity index (χ0n) is 22.2. The predicted octanol–water partition coefficient (Wildman–Crippen LogP) is 5.46. The third-order valence-electron chi connectivity index (χ3n) is 6.39. The lowest BCUT2D eigenvalue weighted by atomic mass is 9.95. The molecule has 1 aliphatic carbocycles. The first kappa shape index (κ1) is 27.8. The van der Waals surface area contributed by atoms with Gasteiger partial charge in [0.15, 0.2) is 11.7 Å². The molecule has 3 amide bonds. The van der Waals surface area contributed by atoms with E-state index in [9.17, 15) is 14.4 Å². The Balaban J connectivity index is 1.73. The maximum Gasteiger partial charge on any atom is 0.273 e. The van der Waals surface area contributed by atoms with Gasteiger partial charge in [0.1, 0.15) is 4.88 Å². The van der Waals surface area contributed by atoms with Gasteiger partial charge in [-0.1, -0.05) is 37.5 Å². The molecule has 202 valence electrons. The fourth-order valence-electron chi connectivity index (χ4n) is 4.65. The van der Waals surface area contributed by atoms with E-state index in [0.717, 1.165) is 42.8 Å². The van der Waals surface area contributed by atoms with Crippen molar-refractivity contribution in [1.82, 2.24) is 15.0 Å². The van der Waals surface area contributed by atoms with E-state index in [0.29, 0.717) is 10.6 Å². The number of anilines is 2. The van der Waals surface area contributed by atoms with Crippen LogP contribution in [0.3, 0.4) is 0 Å². The second-order valence-electron chi connectivity index (χ2n) is 10.8. The fraction of sp³-hybridized carbons (Fsp3) is 0.429. The van der Waals surface area contributed by atoms with Crippen LogP contribution in [0.5, 0.6) is 0 Å². The Hall–Kier alpha value is -3.24. The Morgan fingerprint density at radius 3 is 2.47 bits per heavy atom. The van der Waals surface area contributed by atoms with Gasteiger partial charge in [-0.3, -0.25) is 19.3 Å². The third-order valence-corrected chi connectivity index (χ3v) is 8.17. The van der Waals surface area contributed by atoms with Crippen molar-refractivity contribution >= 4 is 52.0 Å². The van der Waals surface area contributed by atoms with Crippen molar-refractivity contribution in [2.45, 2.75) is 77.4 Å². The summed E-state index contributed by atoms with van der Waals surface area (Å²) in [6.07, 6.45) is 5.18. The molecule has 8 nitrogen and oxygen atoms in total. The number of thiophene rings is 1. The average Bonchev–Trinajstić information content (AvgIpc) is 3.51. The monoisotopic (exact) mass is 553 g/mol. The molecular formula is C28H35N5O3S2. The highest BCUT2D eigenvalue weighted by atomic mass is 32.1. The van der Waals surface area contributed by atoms with E-state index in [1.807, 2.05) is 63.4 Å². The number of nitrogens with one attached hydrogen (secondary N) is 2. The van der Waals surface area contributed by atoms with E-state index in [-0.39, 0.29) is 34.1 Å². The molecule has 10 heteroatoms. The number of aromatic nitrogens is 1. The summed E-state index contributed by atoms with van der Waals surface area (Å²) in [6.45, 7) is 7.62. The van der Waals surface area contributed by atoms with Crippen molar-refractivity contribution in [2.75, 3.05) is 10.6 Å². The second kappa shape index (κ2) is 11.7. The molecule has 1 fully saturated rings. The normalized spacial score (nSPS) is 15.1. The van der Waals surface area contributed by atoms with E-state index in [4.69, 9.17) is 5.73 Å². The van der Waals surface area contributed by atoms with E-state index < -0.39 is 17.5 Å². The van der Waals surface area contributed by atoms with Crippen LogP contribution in [-0.4, -0.2) is 33.7 Å². The summed E-state index contributed by atoms with van der Waals surface area (Å²) in [5.41, 5.74) is 7.46. The SMILES string of the molecule is Cc1cccc(N(C(=O)c2snc(C(=O)NC3CCCCC3)c2N)[C@@H](C(=O)NC(C)(C)C)c2cccs2)c1. The lowest BCUT2D eigenvalue weighted by molar-refractivity contribution is -0.123. The molecule has 1 saturated carbocycles. The van der Waals surface area contributed by atoms with Crippen LogP contribution in [0.2, 0.25) is 0 Å². The van der Waals surface area contributed by atoms with E-state index in [2.05, 4.69) is 15.0 Å². The highest BCUT2D eigenvalue weighted by Crippen LogP contribution is 2.35. The van der Waals surface area contributed by atoms with Crippen LogP contribution >= 0.6 is 22.9 Å². The first-order chi connectivity index (χ1) is 18.0. The summed E-state index contributed by atoms with van der Waals surface area (Å²) in [7, 11) is 0. The fourth-order valence-corrected chi connectivity index (χ4v) is 6.19. The first-order valence-corrected chi connectivity index (χ1v) is 14.5. The minimum atomic E-state index is -0.940. The molecule has 4 rings (SSSR count). The molecule has 2 heterocycles. The van der Waals surface area contributed by atoms with Gasteiger partial charge in [-0.25, -0.2) is 0 Å². The van der Waals surface area contributed by atoms with Crippen LogP contribution in [0, 0.1) is 6.92 Å². The number of aryl methyl sites for hydroxylation is 1. The summed E-state index contributed by atoms with van der Waals surface area (Å²) < 4.78 is 4.28. The Kier molecular flexibility index (Phi) is 8.52. The van der Waals surface area contributed by atoms with Crippen molar-refractivity contribution in [1.29, 1.82) is 0 Å². The van der Waals surface area contributed by atoms with Gasteiger partial charge >= 0.3 is 0 Å². The maximum absolute atomic E-state index is 14.2. The number of hydrogen-bond acceptors (Lipinski definition) is 7. The molecule has 1 aliphatic rings. The Labute approximate surface area is 231 Å². The maximum atomic E-state index is 14.2. The first-order valence-electron chi connectivity index (χ1n) is 12.9. The third kappa shape index (κ3) is 6.42. The van der Waals surface area contributed by atoms with Crippen LogP contribution in [0.1, 0.15) is 89.5 Å². The Morgan fingerprint density at radius 1 is 1.11 bits per heavy atom. The number of nitrogens with two attached hydrogens (primary N) is 1. The van der Waals surface area contributed by atoms with Crippen molar-refractivity contribution in [3.63, 3.8) is 0 Å². The molecule has 3 aromatic rings. The van der Waals surface area contributed by atoms with Gasteiger partial charge in [0.05, 0.1) is 5.69 Å². The molecule has 38 heavy (non-hydrogen) atoms. The van der Waals surface area contributed by atoms with Gasteiger partial charge in [0.25, 0.3) is 11.8 Å². The van der Waals surface area contributed by atoms with E-state index in [1.165, 1.54) is 22.7 Å². The lowest BCUT2D eigenvalue weighted by Gasteiger charge is -2.33. The number of rotatable bonds is 7. The quantitative estimate of drug-likeness (QED) is 0.359. The van der Waals surface area contributed by atoms with Gasteiger partial charge in [-0.2, -0.15) is 4.37 Å². The minimum Gasteiger partial charge on any atom is -0.395 e. The summed E-state index contributed by atoms with van der Waals surface area (Å²) in [5, 5.41) is 7.93. The molecule has 1 aromatic carbocycles. The van der Waals surface area contributed by atoms with Gasteiger partial charge < -0.3 is 16.4 Å². The molecule has 0 radical (unpaired) electrons. The molecular weight excluding hydrogens is 518 g/mol. The number of amides is 3. The number of nitrogens with zero attached hydrogens (tertiary/aromatic N) is 2. The Morgan fingerprint density at radius 2 is 1.84 bits per heavy atom. The molecule has 0 unspecified atom stereocenters. The number of carbonyl (C=O) groups excluding carboxylic acids is 3. The van der Waals surface area contributed by atoms with E-state index >= 15 is 0 Å². The highest BCUT2D eigenvalue weighted by Gasteiger charge is 2.38. The van der Waals surface area contributed by atoms with Crippen LogP contribution in [0.4, 0.5) is 11.4 Å². The number of nitrogen functional groups attached to an aromatic ring is 1. The van der Waals surface area contributed by atoms with Crippen molar-refractivity contribution in [2.24, 2.45) is 0 Å². The predicted molar refractivity (Wildman–Crippen MR) is 154 cm³/mol. The smallest absolute Gasteiger partial charge is 0.273 e. The summed E-state index contributed by atoms with van der Waals surface area (Å²) >= 11 is 2.28. The van der Waals surface area contributed by atoms with Gasteiger partial charge in [-0.15, -0.1) is 11.3 Å². The van der Waals surface area contributed by atoms with Crippen molar-refractivity contribution < 1.29 is 14.4 Å². The van der Waals surface area contributed by atoms with Crippen LogP contribution in [-0.2, 0) is 4.79 Å². The van der Waals surface area contributed by atoms with Crippen LogP contribution < -0.4 is 21.3 Å². The lowest BCUT2D eigenvalue weighted by Crippen LogP contribution is -2.49. The molecule has 0 bridgehead atoms. The van der Waals surface area contributed by atoms with E-state index in [1.54, 1.807) is 6.07 Å². The summed E-state index contributed by atoms with van der Waals surface area (Å²) in [4.78, 5) is 43.2. The molecule has 2 aromatic heterocycles. The van der Waals surface area contributed by atoms with Gasteiger partial charge in [0.2, 0.25) is 5.91 Å². The van der Waals surface area contributed by atoms with Crippen molar-refractivity contribution in [3.8, 4) is 0 Å². The van der Waals surface area contributed by atoms with Gasteiger partial charge in [-0.05, 0) is 81.2 Å². The zero-order valence-corrected chi connectivity index (χ0v) is 23.9. The summed E-state index contributed by atoms with van der Waals surface area (Å²) in [5.74, 6) is -1.16. The number of carbonyl (C=O) groups is 3. The molecule has 0 spiro atoms.